The van der Waals surface area contributed by atoms with E-state index in [1.165, 1.54) is 16.0 Å². The first-order valence-electron chi connectivity index (χ1n) is 5.60. The summed E-state index contributed by atoms with van der Waals surface area (Å²) in [6.45, 7) is 4.17. The standard InChI is InChI=1S/C14H13N3S/c1-10-7-8-13(11(2)9-10)18-14-6-4-3-5-12(14)16-17-15/h3-9H,1-2H3. The Kier molecular flexibility index (Phi) is 3.92. The lowest BCUT2D eigenvalue weighted by atomic mass is 10.2. The van der Waals surface area contributed by atoms with Crippen molar-refractivity contribution in [3.63, 3.8) is 0 Å². The molecule has 0 amide bonds. The highest BCUT2D eigenvalue weighted by molar-refractivity contribution is 7.99. The van der Waals surface area contributed by atoms with Crippen LogP contribution in [0.1, 0.15) is 11.1 Å². The molecule has 0 aliphatic carbocycles. The number of rotatable bonds is 3. The van der Waals surface area contributed by atoms with Crippen LogP contribution in [0.5, 0.6) is 0 Å². The quantitative estimate of drug-likeness (QED) is 0.411. The molecule has 3 nitrogen and oxygen atoms in total. The molecule has 0 aromatic heterocycles. The summed E-state index contributed by atoms with van der Waals surface area (Å²) in [5.74, 6) is 0. The largest absolute Gasteiger partial charge is 0.0893 e. The van der Waals surface area contributed by atoms with Crippen LogP contribution in [-0.4, -0.2) is 0 Å². The van der Waals surface area contributed by atoms with Crippen molar-refractivity contribution in [3.05, 3.63) is 64.0 Å². The number of hydrogen-bond acceptors (Lipinski definition) is 2. The minimum absolute atomic E-state index is 0.671. The SMILES string of the molecule is Cc1ccc(Sc2ccccc2N=[N+]=[N-])c(C)c1. The van der Waals surface area contributed by atoms with Gasteiger partial charge >= 0.3 is 0 Å². The first-order valence-corrected chi connectivity index (χ1v) is 6.41. The van der Waals surface area contributed by atoms with Gasteiger partial charge in [-0.3, -0.25) is 0 Å². The van der Waals surface area contributed by atoms with Gasteiger partial charge in [0, 0.05) is 14.7 Å². The molecule has 0 saturated heterocycles. The average molecular weight is 255 g/mol. The lowest BCUT2D eigenvalue weighted by Crippen LogP contribution is -1.82. The maximum atomic E-state index is 8.55. The van der Waals surface area contributed by atoms with Crippen LogP contribution in [0.3, 0.4) is 0 Å². The summed E-state index contributed by atoms with van der Waals surface area (Å²) in [6.07, 6.45) is 0. The van der Waals surface area contributed by atoms with Crippen LogP contribution in [0.2, 0.25) is 0 Å². The second-order valence-corrected chi connectivity index (χ2v) is 5.11. The number of benzene rings is 2. The lowest BCUT2D eigenvalue weighted by molar-refractivity contribution is 1.25. The van der Waals surface area contributed by atoms with E-state index in [1.807, 2.05) is 24.3 Å². The van der Waals surface area contributed by atoms with Gasteiger partial charge in [-0.25, -0.2) is 0 Å². The third-order valence-corrected chi connectivity index (χ3v) is 3.81. The molecule has 0 fully saturated rings. The molecule has 0 N–H and O–H groups in total. The van der Waals surface area contributed by atoms with Crippen molar-refractivity contribution in [2.24, 2.45) is 5.11 Å². The first-order chi connectivity index (χ1) is 8.70. The van der Waals surface area contributed by atoms with Crippen LogP contribution in [0.25, 0.3) is 10.4 Å². The zero-order valence-electron chi connectivity index (χ0n) is 10.3. The molecule has 0 atom stereocenters. The third kappa shape index (κ3) is 2.86. The molecule has 2 rings (SSSR count). The van der Waals surface area contributed by atoms with Crippen molar-refractivity contribution in [2.45, 2.75) is 23.6 Å². The second-order valence-electron chi connectivity index (χ2n) is 4.03. The minimum Gasteiger partial charge on any atom is -0.0893 e. The van der Waals surface area contributed by atoms with Crippen LogP contribution < -0.4 is 0 Å². The molecule has 0 radical (unpaired) electrons. The summed E-state index contributed by atoms with van der Waals surface area (Å²) in [5.41, 5.74) is 11.7. The van der Waals surface area contributed by atoms with Crippen LogP contribution in [-0.2, 0) is 0 Å². The van der Waals surface area contributed by atoms with Crippen molar-refractivity contribution in [2.75, 3.05) is 0 Å². The Hall–Kier alpha value is -1.90. The van der Waals surface area contributed by atoms with Gasteiger partial charge in [0.15, 0.2) is 0 Å². The molecular formula is C14H13N3S. The minimum atomic E-state index is 0.671. The third-order valence-electron chi connectivity index (χ3n) is 2.57. The first kappa shape index (κ1) is 12.6. The van der Waals surface area contributed by atoms with Crippen LogP contribution in [0.15, 0.2) is 57.4 Å². The molecule has 0 saturated carbocycles. The van der Waals surface area contributed by atoms with E-state index < -0.39 is 0 Å². The van der Waals surface area contributed by atoms with E-state index in [0.717, 1.165) is 4.90 Å². The predicted octanol–water partition coefficient (Wildman–Crippen LogP) is 5.40. The summed E-state index contributed by atoms with van der Waals surface area (Å²) in [5, 5.41) is 3.71. The van der Waals surface area contributed by atoms with E-state index in [9.17, 15) is 0 Å². The van der Waals surface area contributed by atoms with Gasteiger partial charge in [0.05, 0.1) is 5.69 Å². The summed E-state index contributed by atoms with van der Waals surface area (Å²) >= 11 is 1.62. The molecule has 2 aromatic carbocycles. The topological polar surface area (TPSA) is 48.8 Å². The zero-order chi connectivity index (χ0) is 13.0. The van der Waals surface area contributed by atoms with Gasteiger partial charge in [0.2, 0.25) is 0 Å². The Morgan fingerprint density at radius 3 is 2.56 bits per heavy atom. The maximum Gasteiger partial charge on any atom is 0.0514 e. The summed E-state index contributed by atoms with van der Waals surface area (Å²) in [4.78, 5) is 5.01. The van der Waals surface area contributed by atoms with Gasteiger partial charge in [-0.15, -0.1) is 0 Å². The molecule has 0 spiro atoms. The van der Waals surface area contributed by atoms with E-state index in [0.29, 0.717) is 5.69 Å². The lowest BCUT2D eigenvalue weighted by Gasteiger charge is -2.08. The van der Waals surface area contributed by atoms with E-state index in [-0.39, 0.29) is 0 Å². The van der Waals surface area contributed by atoms with Crippen molar-refractivity contribution < 1.29 is 0 Å². The highest BCUT2D eigenvalue weighted by atomic mass is 32.2. The van der Waals surface area contributed by atoms with Gasteiger partial charge < -0.3 is 0 Å². The smallest absolute Gasteiger partial charge is 0.0514 e. The van der Waals surface area contributed by atoms with Crippen molar-refractivity contribution in [1.82, 2.24) is 0 Å². The van der Waals surface area contributed by atoms with E-state index >= 15 is 0 Å². The Labute approximate surface area is 110 Å². The fourth-order valence-electron chi connectivity index (χ4n) is 1.71. The summed E-state index contributed by atoms with van der Waals surface area (Å²) < 4.78 is 0. The fraction of sp³-hybridized carbons (Fsp3) is 0.143. The van der Waals surface area contributed by atoms with E-state index in [4.69, 9.17) is 5.53 Å². The molecule has 0 bridgehead atoms. The molecular weight excluding hydrogens is 242 g/mol. The van der Waals surface area contributed by atoms with Crippen LogP contribution in [0.4, 0.5) is 5.69 Å². The normalized spacial score (nSPS) is 9.89. The fourth-order valence-corrected chi connectivity index (χ4v) is 2.66. The van der Waals surface area contributed by atoms with Gasteiger partial charge in [-0.1, -0.05) is 52.8 Å². The highest BCUT2D eigenvalue weighted by Crippen LogP contribution is 2.36. The molecule has 0 heterocycles. The van der Waals surface area contributed by atoms with Gasteiger partial charge in [0.25, 0.3) is 0 Å². The van der Waals surface area contributed by atoms with Gasteiger partial charge in [0.1, 0.15) is 0 Å². The predicted molar refractivity (Wildman–Crippen MR) is 75.3 cm³/mol. The van der Waals surface area contributed by atoms with E-state index in [2.05, 4.69) is 42.1 Å². The molecule has 0 unspecified atom stereocenters. The number of azide groups is 1. The average Bonchev–Trinajstić information content (AvgIpc) is 2.35. The molecule has 18 heavy (non-hydrogen) atoms. The van der Waals surface area contributed by atoms with Crippen molar-refractivity contribution in [3.8, 4) is 0 Å². The summed E-state index contributed by atoms with van der Waals surface area (Å²) in [6, 6.07) is 13.9. The Balaban J connectivity index is 2.36. The Bertz CT molecular complexity index is 616. The van der Waals surface area contributed by atoms with Crippen molar-refractivity contribution in [1.29, 1.82) is 0 Å². The Morgan fingerprint density at radius 1 is 1.06 bits per heavy atom. The molecule has 4 heteroatoms. The van der Waals surface area contributed by atoms with Crippen LogP contribution in [0, 0.1) is 13.8 Å². The summed E-state index contributed by atoms with van der Waals surface area (Å²) in [7, 11) is 0. The molecule has 0 aliphatic rings. The van der Waals surface area contributed by atoms with E-state index in [1.54, 1.807) is 11.8 Å². The molecule has 2 aromatic rings. The number of nitrogens with zero attached hydrogens (tertiary/aromatic N) is 3. The number of hydrogen-bond donors (Lipinski definition) is 0. The number of aryl methyl sites for hydroxylation is 2. The highest BCUT2D eigenvalue weighted by Gasteiger charge is 2.04. The monoisotopic (exact) mass is 255 g/mol. The Morgan fingerprint density at radius 2 is 1.83 bits per heavy atom. The van der Waals surface area contributed by atoms with Gasteiger partial charge in [-0.2, -0.15) is 0 Å². The second kappa shape index (κ2) is 5.63. The van der Waals surface area contributed by atoms with Crippen molar-refractivity contribution >= 4 is 17.4 Å². The zero-order valence-corrected chi connectivity index (χ0v) is 11.1. The molecule has 0 aliphatic heterocycles. The van der Waals surface area contributed by atoms with Crippen LogP contribution >= 0.6 is 11.8 Å². The maximum absolute atomic E-state index is 8.55. The molecule has 90 valence electrons. The van der Waals surface area contributed by atoms with Gasteiger partial charge in [-0.05, 0) is 37.1 Å².